The molecule has 0 aliphatic rings. The number of nitrogens with one attached hydrogen (secondary N) is 1. The Bertz CT molecular complexity index is 385. The summed E-state index contributed by atoms with van der Waals surface area (Å²) >= 11 is 5.57. The molecule has 0 radical (unpaired) electrons. The van der Waals surface area contributed by atoms with E-state index in [1.807, 2.05) is 20.8 Å². The molecule has 0 aliphatic carbocycles. The van der Waals surface area contributed by atoms with Gasteiger partial charge in [0.25, 0.3) is 5.91 Å². The van der Waals surface area contributed by atoms with E-state index in [2.05, 4.69) is 5.32 Å². The molecule has 0 saturated heterocycles. The van der Waals surface area contributed by atoms with E-state index >= 15 is 0 Å². The van der Waals surface area contributed by atoms with Gasteiger partial charge in [-0.3, -0.25) is 4.79 Å². The monoisotopic (exact) mass is 229 g/mol. The van der Waals surface area contributed by atoms with Crippen LogP contribution < -0.4 is 5.32 Å². The smallest absolute Gasteiger partial charge is 0.251 e. The van der Waals surface area contributed by atoms with Gasteiger partial charge in [0.2, 0.25) is 0 Å². The Balaban J connectivity index is 2.88. The van der Waals surface area contributed by atoms with Gasteiger partial charge in [-0.25, -0.2) is 4.39 Å². The minimum Gasteiger partial charge on any atom is -0.347 e. The first-order valence-electron chi connectivity index (χ1n) is 4.57. The Hall–Kier alpha value is -1.09. The minimum atomic E-state index is -0.524. The predicted molar refractivity (Wildman–Crippen MR) is 58.6 cm³/mol. The van der Waals surface area contributed by atoms with Crippen molar-refractivity contribution in [3.05, 3.63) is 34.6 Å². The summed E-state index contributed by atoms with van der Waals surface area (Å²) in [4.78, 5) is 11.6. The van der Waals surface area contributed by atoms with Crippen molar-refractivity contribution in [3.8, 4) is 0 Å². The summed E-state index contributed by atoms with van der Waals surface area (Å²) in [6.45, 7) is 5.61. The summed E-state index contributed by atoms with van der Waals surface area (Å²) in [5, 5.41) is 2.72. The molecule has 1 N–H and O–H groups in total. The average molecular weight is 230 g/mol. The number of benzene rings is 1. The molecule has 0 atom stereocenters. The van der Waals surface area contributed by atoms with Gasteiger partial charge in [0.15, 0.2) is 0 Å². The summed E-state index contributed by atoms with van der Waals surface area (Å²) in [5.41, 5.74) is 0.0362. The zero-order chi connectivity index (χ0) is 11.6. The lowest BCUT2D eigenvalue weighted by Gasteiger charge is -2.20. The molecule has 0 saturated carbocycles. The van der Waals surface area contributed by atoms with Crippen molar-refractivity contribution in [3.63, 3.8) is 0 Å². The van der Waals surface area contributed by atoms with E-state index in [1.54, 1.807) is 0 Å². The summed E-state index contributed by atoms with van der Waals surface area (Å²) in [7, 11) is 0. The molecule has 2 nitrogen and oxygen atoms in total. The highest BCUT2D eigenvalue weighted by atomic mass is 35.5. The largest absolute Gasteiger partial charge is 0.347 e. The van der Waals surface area contributed by atoms with Crippen LogP contribution in [0.3, 0.4) is 0 Å². The van der Waals surface area contributed by atoms with Crippen LogP contribution in [0, 0.1) is 5.82 Å². The predicted octanol–water partition coefficient (Wildman–Crippen LogP) is 3.01. The van der Waals surface area contributed by atoms with E-state index < -0.39 is 5.82 Å². The third kappa shape index (κ3) is 3.51. The third-order valence-corrected chi connectivity index (χ3v) is 1.96. The van der Waals surface area contributed by atoms with Crippen molar-refractivity contribution in [2.75, 3.05) is 0 Å². The number of carbonyl (C=O) groups is 1. The maximum Gasteiger partial charge on any atom is 0.251 e. The average Bonchev–Trinajstić information content (AvgIpc) is 2.06. The van der Waals surface area contributed by atoms with Crippen LogP contribution in [0.1, 0.15) is 31.1 Å². The second-order valence-corrected chi connectivity index (χ2v) is 4.74. The Kier molecular flexibility index (Phi) is 3.35. The van der Waals surface area contributed by atoms with E-state index in [-0.39, 0.29) is 16.5 Å². The number of rotatable bonds is 1. The Labute approximate surface area is 93.4 Å². The number of hydrogen-bond acceptors (Lipinski definition) is 1. The highest BCUT2D eigenvalue weighted by Gasteiger charge is 2.15. The van der Waals surface area contributed by atoms with E-state index in [9.17, 15) is 9.18 Å². The van der Waals surface area contributed by atoms with E-state index in [0.717, 1.165) is 0 Å². The maximum absolute atomic E-state index is 12.8. The molecule has 1 aromatic rings. The fourth-order valence-corrected chi connectivity index (χ4v) is 1.23. The molecule has 0 unspecified atom stereocenters. The SMILES string of the molecule is CC(C)(C)NC(=O)c1ccc(F)c(Cl)c1. The van der Waals surface area contributed by atoms with Gasteiger partial charge in [-0.05, 0) is 39.0 Å². The van der Waals surface area contributed by atoms with E-state index in [0.29, 0.717) is 5.56 Å². The molecule has 1 aromatic carbocycles. The molecule has 0 aromatic heterocycles. The van der Waals surface area contributed by atoms with Crippen LogP contribution in [0.4, 0.5) is 4.39 Å². The van der Waals surface area contributed by atoms with Gasteiger partial charge < -0.3 is 5.32 Å². The highest BCUT2D eigenvalue weighted by molar-refractivity contribution is 6.31. The van der Waals surface area contributed by atoms with Gasteiger partial charge >= 0.3 is 0 Å². The number of carbonyl (C=O) groups excluding carboxylic acids is 1. The lowest BCUT2D eigenvalue weighted by Crippen LogP contribution is -2.40. The van der Waals surface area contributed by atoms with Crippen molar-refractivity contribution in [1.29, 1.82) is 0 Å². The molecule has 0 spiro atoms. The standard InChI is InChI=1S/C11H13ClFNO/c1-11(2,3)14-10(15)7-4-5-9(13)8(12)6-7/h4-6H,1-3H3,(H,14,15). The van der Waals surface area contributed by atoms with Crippen molar-refractivity contribution in [2.24, 2.45) is 0 Å². The molecule has 0 heterocycles. The zero-order valence-electron chi connectivity index (χ0n) is 8.90. The van der Waals surface area contributed by atoms with Crippen molar-refractivity contribution < 1.29 is 9.18 Å². The molecule has 0 bridgehead atoms. The van der Waals surface area contributed by atoms with Crippen molar-refractivity contribution in [2.45, 2.75) is 26.3 Å². The van der Waals surface area contributed by atoms with Gasteiger partial charge in [-0.1, -0.05) is 11.6 Å². The molecular weight excluding hydrogens is 217 g/mol. The maximum atomic E-state index is 12.8. The summed E-state index contributed by atoms with van der Waals surface area (Å²) in [6, 6.07) is 3.90. The van der Waals surface area contributed by atoms with Crippen LogP contribution in [0.2, 0.25) is 5.02 Å². The molecule has 4 heteroatoms. The molecule has 0 fully saturated rings. The summed E-state index contributed by atoms with van der Waals surface area (Å²) in [5.74, 6) is -0.784. The van der Waals surface area contributed by atoms with Crippen molar-refractivity contribution >= 4 is 17.5 Å². The molecule has 15 heavy (non-hydrogen) atoms. The lowest BCUT2D eigenvalue weighted by molar-refractivity contribution is 0.0919. The zero-order valence-corrected chi connectivity index (χ0v) is 9.65. The van der Waals surface area contributed by atoms with Gasteiger partial charge in [0.05, 0.1) is 5.02 Å². The van der Waals surface area contributed by atoms with E-state index in [4.69, 9.17) is 11.6 Å². The van der Waals surface area contributed by atoms with Crippen LogP contribution in [0.5, 0.6) is 0 Å². The number of amides is 1. The Morgan fingerprint density at radius 1 is 1.40 bits per heavy atom. The molecular formula is C11H13ClFNO. The second kappa shape index (κ2) is 4.19. The molecule has 82 valence electrons. The van der Waals surface area contributed by atoms with Gasteiger partial charge in [-0.15, -0.1) is 0 Å². The fourth-order valence-electron chi connectivity index (χ4n) is 1.05. The van der Waals surface area contributed by atoms with Gasteiger partial charge in [-0.2, -0.15) is 0 Å². The van der Waals surface area contributed by atoms with Crippen LogP contribution in [-0.2, 0) is 0 Å². The van der Waals surface area contributed by atoms with Crippen LogP contribution in [-0.4, -0.2) is 11.4 Å². The van der Waals surface area contributed by atoms with Gasteiger partial charge in [0.1, 0.15) is 5.82 Å². The van der Waals surface area contributed by atoms with Crippen LogP contribution >= 0.6 is 11.6 Å². The fraction of sp³-hybridized carbons (Fsp3) is 0.364. The van der Waals surface area contributed by atoms with Crippen LogP contribution in [0.25, 0.3) is 0 Å². The quantitative estimate of drug-likeness (QED) is 0.788. The first-order chi connectivity index (χ1) is 6.79. The van der Waals surface area contributed by atoms with E-state index in [1.165, 1.54) is 18.2 Å². The highest BCUT2D eigenvalue weighted by Crippen LogP contribution is 2.16. The molecule has 0 aliphatic heterocycles. The van der Waals surface area contributed by atoms with Gasteiger partial charge in [0, 0.05) is 11.1 Å². The number of halogens is 2. The first-order valence-corrected chi connectivity index (χ1v) is 4.95. The van der Waals surface area contributed by atoms with Crippen LogP contribution in [0.15, 0.2) is 18.2 Å². The Morgan fingerprint density at radius 2 is 2.00 bits per heavy atom. The normalized spacial score (nSPS) is 11.3. The Morgan fingerprint density at radius 3 is 2.47 bits per heavy atom. The minimum absolute atomic E-state index is 0.0449. The first kappa shape index (κ1) is 12.0. The third-order valence-electron chi connectivity index (χ3n) is 1.67. The number of hydrogen-bond donors (Lipinski definition) is 1. The lowest BCUT2D eigenvalue weighted by atomic mass is 10.1. The summed E-state index contributed by atoms with van der Waals surface area (Å²) < 4.78 is 12.8. The topological polar surface area (TPSA) is 29.1 Å². The molecule has 1 amide bonds. The van der Waals surface area contributed by atoms with Crippen molar-refractivity contribution in [1.82, 2.24) is 5.32 Å². The summed E-state index contributed by atoms with van der Waals surface area (Å²) in [6.07, 6.45) is 0. The molecule has 1 rings (SSSR count). The second-order valence-electron chi connectivity index (χ2n) is 4.33.